The van der Waals surface area contributed by atoms with Crippen molar-refractivity contribution in [1.29, 1.82) is 0 Å². The van der Waals surface area contributed by atoms with E-state index < -0.39 is 6.10 Å². The molecular weight excluding hydrogens is 364 g/mol. The highest BCUT2D eigenvalue weighted by molar-refractivity contribution is 5.85. The number of ether oxygens (including phenoxy) is 2. The van der Waals surface area contributed by atoms with Gasteiger partial charge in [0.05, 0.1) is 17.6 Å². The number of nitrogens with zero attached hydrogens (tertiary/aromatic N) is 2. The molecular formula is C21H25ClN2O3. The van der Waals surface area contributed by atoms with Crippen LogP contribution in [0.1, 0.15) is 30.3 Å². The third-order valence-electron chi connectivity index (χ3n) is 4.73. The maximum Gasteiger partial charge on any atom is 0.139 e. The average Bonchev–Trinajstić information content (AvgIpc) is 3.28. The molecule has 1 aromatic heterocycles. The number of benzene rings is 2. The van der Waals surface area contributed by atoms with Gasteiger partial charge in [-0.05, 0) is 49.6 Å². The van der Waals surface area contributed by atoms with Crippen molar-refractivity contribution in [3.63, 3.8) is 0 Å². The van der Waals surface area contributed by atoms with Gasteiger partial charge in [0.25, 0.3) is 0 Å². The summed E-state index contributed by atoms with van der Waals surface area (Å²) in [7, 11) is 0. The number of hydrogen-bond donors (Lipinski definition) is 1. The fraction of sp³-hybridized carbons (Fsp3) is 0.381. The minimum Gasteiger partial charge on any atom is -0.491 e. The number of aliphatic hydroxyl groups is 1. The van der Waals surface area contributed by atoms with Crippen molar-refractivity contribution in [1.82, 2.24) is 9.55 Å². The van der Waals surface area contributed by atoms with Gasteiger partial charge in [-0.25, -0.2) is 4.98 Å². The Morgan fingerprint density at radius 1 is 1.26 bits per heavy atom. The van der Waals surface area contributed by atoms with Gasteiger partial charge in [-0.2, -0.15) is 0 Å². The van der Waals surface area contributed by atoms with Crippen LogP contribution in [0, 0.1) is 6.92 Å². The summed E-state index contributed by atoms with van der Waals surface area (Å²) in [5, 5.41) is 10.6. The molecule has 4 rings (SSSR count). The standard InChI is InChI=1S/C21H24N2O3.ClH/c1-15-6-4-7-17(12-15)26-14-16(24)13-23-19-9-3-2-8-18(19)22-21(23)20-10-5-11-25-20;/h2-4,6-9,12,16,20,24H,5,10-11,13-14H2,1H3;1H. The number of hydrogen-bond acceptors (Lipinski definition) is 4. The van der Waals surface area contributed by atoms with Crippen LogP contribution in [0.4, 0.5) is 0 Å². The average molecular weight is 389 g/mol. The van der Waals surface area contributed by atoms with Gasteiger partial charge in [0.15, 0.2) is 0 Å². The Kier molecular flexibility index (Phi) is 6.37. The number of halogens is 1. The van der Waals surface area contributed by atoms with Crippen LogP contribution >= 0.6 is 12.4 Å². The van der Waals surface area contributed by atoms with E-state index in [9.17, 15) is 5.11 Å². The number of rotatable bonds is 6. The molecule has 2 unspecified atom stereocenters. The van der Waals surface area contributed by atoms with E-state index >= 15 is 0 Å². The molecule has 2 heterocycles. The Morgan fingerprint density at radius 2 is 2.11 bits per heavy atom. The zero-order chi connectivity index (χ0) is 17.9. The van der Waals surface area contributed by atoms with Crippen LogP contribution in [0.15, 0.2) is 48.5 Å². The van der Waals surface area contributed by atoms with Crippen molar-refractivity contribution in [2.45, 2.75) is 38.5 Å². The van der Waals surface area contributed by atoms with Crippen LogP contribution in [0.2, 0.25) is 0 Å². The van der Waals surface area contributed by atoms with E-state index in [1.807, 2.05) is 55.5 Å². The van der Waals surface area contributed by atoms with Gasteiger partial charge >= 0.3 is 0 Å². The summed E-state index contributed by atoms with van der Waals surface area (Å²) in [6.07, 6.45) is 1.40. The first-order valence-electron chi connectivity index (χ1n) is 9.15. The molecule has 2 aromatic carbocycles. The van der Waals surface area contributed by atoms with Crippen molar-refractivity contribution >= 4 is 23.4 Å². The first-order chi connectivity index (χ1) is 12.7. The van der Waals surface area contributed by atoms with Crippen LogP contribution in [0.3, 0.4) is 0 Å². The maximum absolute atomic E-state index is 10.6. The highest BCUT2D eigenvalue weighted by atomic mass is 35.5. The first-order valence-corrected chi connectivity index (χ1v) is 9.15. The van der Waals surface area contributed by atoms with Crippen molar-refractivity contribution in [2.75, 3.05) is 13.2 Å². The number of aliphatic hydroxyl groups excluding tert-OH is 1. The molecule has 1 N–H and O–H groups in total. The van der Waals surface area contributed by atoms with Gasteiger partial charge in [-0.15, -0.1) is 12.4 Å². The Labute approximate surface area is 165 Å². The fourth-order valence-corrected chi connectivity index (χ4v) is 3.47. The molecule has 2 atom stereocenters. The van der Waals surface area contributed by atoms with Crippen molar-refractivity contribution in [3.05, 3.63) is 59.9 Å². The van der Waals surface area contributed by atoms with Gasteiger partial charge in [-0.1, -0.05) is 24.3 Å². The number of fused-ring (bicyclic) bond motifs is 1. The molecule has 5 nitrogen and oxygen atoms in total. The summed E-state index contributed by atoms with van der Waals surface area (Å²) < 4.78 is 13.7. The summed E-state index contributed by atoms with van der Waals surface area (Å²) in [6.45, 7) is 3.46. The Bertz CT molecular complexity index is 890. The SMILES string of the molecule is Cc1cccc(OCC(O)Cn2c(C3CCCO3)nc3ccccc32)c1.Cl. The van der Waals surface area contributed by atoms with E-state index in [-0.39, 0.29) is 25.1 Å². The lowest BCUT2D eigenvalue weighted by Crippen LogP contribution is -2.25. The zero-order valence-electron chi connectivity index (χ0n) is 15.4. The van der Waals surface area contributed by atoms with Gasteiger partial charge in [0.1, 0.15) is 30.4 Å². The zero-order valence-corrected chi connectivity index (χ0v) is 16.2. The lowest BCUT2D eigenvalue weighted by atomic mass is 10.2. The van der Waals surface area contributed by atoms with Crippen LogP contribution in [0.5, 0.6) is 5.75 Å². The molecule has 0 bridgehead atoms. The molecule has 0 amide bonds. The number of imidazole rings is 1. The highest BCUT2D eigenvalue weighted by Crippen LogP contribution is 2.30. The molecule has 1 aliphatic heterocycles. The second-order valence-electron chi connectivity index (χ2n) is 6.85. The van der Waals surface area contributed by atoms with Crippen LogP contribution in [-0.2, 0) is 11.3 Å². The number of aromatic nitrogens is 2. The van der Waals surface area contributed by atoms with Crippen molar-refractivity contribution in [3.8, 4) is 5.75 Å². The van der Waals surface area contributed by atoms with Gasteiger partial charge < -0.3 is 19.1 Å². The van der Waals surface area contributed by atoms with Crippen LogP contribution in [0.25, 0.3) is 11.0 Å². The van der Waals surface area contributed by atoms with Crippen LogP contribution < -0.4 is 4.74 Å². The minimum atomic E-state index is -0.631. The second-order valence-corrected chi connectivity index (χ2v) is 6.85. The summed E-state index contributed by atoms with van der Waals surface area (Å²) in [6, 6.07) is 15.9. The number of para-hydroxylation sites is 2. The number of aryl methyl sites for hydroxylation is 1. The van der Waals surface area contributed by atoms with Gasteiger partial charge in [-0.3, -0.25) is 0 Å². The highest BCUT2D eigenvalue weighted by Gasteiger charge is 2.25. The second kappa shape index (κ2) is 8.74. The van der Waals surface area contributed by atoms with E-state index in [0.29, 0.717) is 6.54 Å². The molecule has 3 aromatic rings. The normalized spacial score (nSPS) is 17.6. The molecule has 0 spiro atoms. The third kappa shape index (κ3) is 4.43. The molecule has 0 saturated carbocycles. The topological polar surface area (TPSA) is 56.5 Å². The molecule has 0 radical (unpaired) electrons. The summed E-state index contributed by atoms with van der Waals surface area (Å²) >= 11 is 0. The molecule has 1 fully saturated rings. The van der Waals surface area contributed by atoms with E-state index in [2.05, 4.69) is 4.57 Å². The lowest BCUT2D eigenvalue weighted by molar-refractivity contribution is 0.0805. The Hall–Kier alpha value is -2.08. The molecule has 0 aliphatic carbocycles. The Morgan fingerprint density at radius 3 is 2.89 bits per heavy atom. The van der Waals surface area contributed by atoms with E-state index in [1.54, 1.807) is 0 Å². The fourth-order valence-electron chi connectivity index (χ4n) is 3.47. The van der Waals surface area contributed by atoms with E-state index in [1.165, 1.54) is 0 Å². The molecule has 27 heavy (non-hydrogen) atoms. The summed E-state index contributed by atoms with van der Waals surface area (Å²) in [5.41, 5.74) is 3.09. The van der Waals surface area contributed by atoms with Crippen molar-refractivity contribution < 1.29 is 14.6 Å². The first kappa shape index (κ1) is 19.7. The predicted octanol–water partition coefficient (Wildman–Crippen LogP) is 4.06. The molecule has 1 saturated heterocycles. The molecule has 1 aliphatic rings. The third-order valence-corrected chi connectivity index (χ3v) is 4.73. The monoisotopic (exact) mass is 388 g/mol. The largest absolute Gasteiger partial charge is 0.491 e. The molecule has 144 valence electrons. The smallest absolute Gasteiger partial charge is 0.139 e. The minimum absolute atomic E-state index is 0. The predicted molar refractivity (Wildman–Crippen MR) is 108 cm³/mol. The lowest BCUT2D eigenvalue weighted by Gasteiger charge is -2.18. The quantitative estimate of drug-likeness (QED) is 0.691. The van der Waals surface area contributed by atoms with Gasteiger partial charge in [0, 0.05) is 6.61 Å². The van der Waals surface area contributed by atoms with E-state index in [0.717, 1.165) is 47.6 Å². The van der Waals surface area contributed by atoms with Gasteiger partial charge in [0.2, 0.25) is 0 Å². The summed E-state index contributed by atoms with van der Waals surface area (Å²) in [5.74, 6) is 1.68. The molecule has 6 heteroatoms. The maximum atomic E-state index is 10.6. The van der Waals surface area contributed by atoms with E-state index in [4.69, 9.17) is 14.5 Å². The Balaban J connectivity index is 0.00000210. The van der Waals surface area contributed by atoms with Crippen molar-refractivity contribution in [2.24, 2.45) is 0 Å². The van der Waals surface area contributed by atoms with Crippen LogP contribution in [-0.4, -0.2) is 34.0 Å². The summed E-state index contributed by atoms with van der Waals surface area (Å²) in [4.78, 5) is 4.76.